The molecule has 0 radical (unpaired) electrons. The zero-order valence-corrected chi connectivity index (χ0v) is 20.2. The number of nitriles is 1. The van der Waals surface area contributed by atoms with Crippen LogP contribution in [0, 0.1) is 11.3 Å². The standard InChI is InChI=1S/C19H14F3N3O2S.C4H8.C2H4/c1-18(2)16(27)24(17(28)25(18)12-5-7-14(26)8-6-12)13-4-3-11(10-23)15(9-13)19(20,21)22;1-3-4-2;1-2/h3-9,26H,1-2H3;3-4H,1-2H3;1-2H2. The highest BCUT2D eigenvalue weighted by Gasteiger charge is 2.50. The van der Waals surface area contributed by atoms with E-state index in [1.807, 2.05) is 26.0 Å². The van der Waals surface area contributed by atoms with E-state index < -0.39 is 28.7 Å². The van der Waals surface area contributed by atoms with Gasteiger partial charge in [0, 0.05) is 5.69 Å². The number of phenols is 1. The van der Waals surface area contributed by atoms with E-state index in [0.29, 0.717) is 5.69 Å². The molecule has 0 aliphatic carbocycles. The molecule has 0 spiro atoms. The number of rotatable bonds is 2. The van der Waals surface area contributed by atoms with Gasteiger partial charge in [0.25, 0.3) is 5.91 Å². The first-order valence-electron chi connectivity index (χ1n) is 10.1. The minimum atomic E-state index is -4.75. The van der Waals surface area contributed by atoms with Crippen LogP contribution in [0.15, 0.2) is 67.8 Å². The van der Waals surface area contributed by atoms with Gasteiger partial charge < -0.3 is 10.0 Å². The predicted octanol–water partition coefficient (Wildman–Crippen LogP) is 6.58. The molecule has 1 N–H and O–H groups in total. The number of hydrogen-bond donors (Lipinski definition) is 1. The van der Waals surface area contributed by atoms with Gasteiger partial charge in [0.05, 0.1) is 22.9 Å². The molecular weight excluding hydrogens is 463 g/mol. The van der Waals surface area contributed by atoms with Crippen LogP contribution in [-0.2, 0) is 11.0 Å². The molecule has 0 saturated carbocycles. The van der Waals surface area contributed by atoms with Gasteiger partial charge in [-0.1, -0.05) is 12.2 Å². The van der Waals surface area contributed by atoms with Crippen molar-refractivity contribution in [1.29, 1.82) is 5.26 Å². The summed E-state index contributed by atoms with van der Waals surface area (Å²) in [5.74, 6) is -0.486. The van der Waals surface area contributed by atoms with E-state index in [9.17, 15) is 23.1 Å². The highest BCUT2D eigenvalue weighted by atomic mass is 32.1. The van der Waals surface area contributed by atoms with Crippen LogP contribution in [0.25, 0.3) is 0 Å². The van der Waals surface area contributed by atoms with Crippen molar-refractivity contribution in [2.45, 2.75) is 39.4 Å². The number of benzene rings is 2. The zero-order chi connectivity index (χ0) is 26.3. The molecule has 1 aliphatic heterocycles. The number of aromatic hydroxyl groups is 1. The first kappa shape index (κ1) is 28.4. The van der Waals surface area contributed by atoms with E-state index in [1.165, 1.54) is 29.2 Å². The molecule has 1 amide bonds. The van der Waals surface area contributed by atoms with Crippen molar-refractivity contribution in [2.75, 3.05) is 9.80 Å². The zero-order valence-electron chi connectivity index (χ0n) is 19.3. The van der Waals surface area contributed by atoms with Crippen LogP contribution in [0.5, 0.6) is 5.75 Å². The van der Waals surface area contributed by atoms with Gasteiger partial charge in [-0.25, -0.2) is 0 Å². The number of nitrogens with zero attached hydrogens (tertiary/aromatic N) is 3. The summed E-state index contributed by atoms with van der Waals surface area (Å²) in [6.45, 7) is 13.2. The third-order valence-corrected chi connectivity index (χ3v) is 5.16. The van der Waals surface area contributed by atoms with Gasteiger partial charge in [0.2, 0.25) is 0 Å². The van der Waals surface area contributed by atoms with E-state index in [-0.39, 0.29) is 16.5 Å². The fourth-order valence-corrected chi connectivity index (χ4v) is 3.58. The molecule has 1 heterocycles. The second-order valence-corrected chi connectivity index (χ2v) is 7.71. The monoisotopic (exact) mass is 489 g/mol. The fourth-order valence-electron chi connectivity index (χ4n) is 3.06. The minimum Gasteiger partial charge on any atom is -0.508 e. The Balaban J connectivity index is 0.000000872. The Labute approximate surface area is 203 Å². The number of allylic oxidation sites excluding steroid dienone is 2. The molecule has 2 aromatic carbocycles. The molecule has 0 bridgehead atoms. The lowest BCUT2D eigenvalue weighted by Gasteiger charge is -2.29. The summed E-state index contributed by atoms with van der Waals surface area (Å²) in [7, 11) is 0. The predicted molar refractivity (Wildman–Crippen MR) is 133 cm³/mol. The van der Waals surface area contributed by atoms with Crippen LogP contribution in [0.1, 0.15) is 38.8 Å². The van der Waals surface area contributed by atoms with Gasteiger partial charge in [0.15, 0.2) is 5.11 Å². The fraction of sp³-hybridized carbons (Fsp3) is 0.240. The highest BCUT2D eigenvalue weighted by molar-refractivity contribution is 7.81. The third-order valence-electron chi connectivity index (χ3n) is 4.80. The van der Waals surface area contributed by atoms with Gasteiger partial charge >= 0.3 is 6.18 Å². The van der Waals surface area contributed by atoms with Crippen molar-refractivity contribution in [1.82, 2.24) is 0 Å². The number of anilines is 2. The summed E-state index contributed by atoms with van der Waals surface area (Å²) in [6, 6.07) is 10.5. The molecule has 2 aromatic rings. The molecule has 3 rings (SSSR count). The Kier molecular flexibility index (Phi) is 9.58. The number of carbonyl (C=O) groups is 1. The first-order valence-corrected chi connectivity index (χ1v) is 10.5. The van der Waals surface area contributed by atoms with Crippen LogP contribution >= 0.6 is 12.2 Å². The van der Waals surface area contributed by atoms with Gasteiger partial charge in [-0.15, -0.1) is 13.2 Å². The molecule has 0 atom stereocenters. The van der Waals surface area contributed by atoms with E-state index in [0.717, 1.165) is 17.0 Å². The van der Waals surface area contributed by atoms with Crippen molar-refractivity contribution < 1.29 is 23.1 Å². The molecule has 180 valence electrons. The Morgan fingerprint density at radius 2 is 1.56 bits per heavy atom. The van der Waals surface area contributed by atoms with Crippen LogP contribution in [0.4, 0.5) is 24.5 Å². The lowest BCUT2D eigenvalue weighted by atomic mass is 10.0. The van der Waals surface area contributed by atoms with E-state index in [2.05, 4.69) is 13.2 Å². The number of phenolic OH excluding ortho intramolecular Hbond substituents is 1. The first-order chi connectivity index (χ1) is 15.9. The lowest BCUT2D eigenvalue weighted by Crippen LogP contribution is -2.44. The van der Waals surface area contributed by atoms with Crippen LogP contribution in [0.2, 0.25) is 0 Å². The number of amides is 1. The number of hydrogen-bond acceptors (Lipinski definition) is 4. The summed E-state index contributed by atoms with van der Waals surface area (Å²) in [5, 5.41) is 18.4. The summed E-state index contributed by atoms with van der Waals surface area (Å²) >= 11 is 5.40. The summed E-state index contributed by atoms with van der Waals surface area (Å²) in [5.41, 5.74) is -2.41. The summed E-state index contributed by atoms with van der Waals surface area (Å²) in [6.07, 6.45) is -0.752. The van der Waals surface area contributed by atoms with Gasteiger partial charge in [-0.3, -0.25) is 9.69 Å². The van der Waals surface area contributed by atoms with E-state index in [4.69, 9.17) is 17.5 Å². The van der Waals surface area contributed by atoms with E-state index >= 15 is 0 Å². The van der Waals surface area contributed by atoms with Crippen molar-refractivity contribution in [2.24, 2.45) is 0 Å². The van der Waals surface area contributed by atoms with Crippen molar-refractivity contribution in [3.8, 4) is 11.8 Å². The van der Waals surface area contributed by atoms with Crippen molar-refractivity contribution in [3.05, 3.63) is 78.9 Å². The van der Waals surface area contributed by atoms with Crippen LogP contribution in [-0.4, -0.2) is 21.7 Å². The quantitative estimate of drug-likeness (QED) is 0.381. The lowest BCUT2D eigenvalue weighted by molar-refractivity contribution is -0.137. The minimum absolute atomic E-state index is 0.00137. The molecule has 0 aromatic heterocycles. The Morgan fingerprint density at radius 3 is 2.00 bits per heavy atom. The third kappa shape index (κ3) is 5.83. The number of alkyl halides is 3. The van der Waals surface area contributed by atoms with Crippen LogP contribution in [0.3, 0.4) is 0 Å². The average Bonchev–Trinajstić information content (AvgIpc) is 2.98. The number of halogens is 3. The highest BCUT2D eigenvalue weighted by Crippen LogP contribution is 2.39. The maximum atomic E-state index is 13.3. The second-order valence-electron chi connectivity index (χ2n) is 7.34. The molecule has 34 heavy (non-hydrogen) atoms. The average molecular weight is 490 g/mol. The molecule has 0 unspecified atom stereocenters. The molecule has 1 saturated heterocycles. The topological polar surface area (TPSA) is 67.6 Å². The Bertz CT molecular complexity index is 1100. The molecule has 1 aliphatic rings. The molecule has 1 fully saturated rings. The summed E-state index contributed by atoms with van der Waals surface area (Å²) in [4.78, 5) is 15.5. The number of carbonyl (C=O) groups excluding carboxylic acids is 1. The number of thiocarbonyl (C=S) groups is 1. The SMILES string of the molecule is C=C.CC1(C)C(=O)N(c2ccc(C#N)c(C(F)(F)F)c2)C(=S)N1c1ccc(O)cc1.CC=CC. The van der Waals surface area contributed by atoms with Crippen molar-refractivity contribution >= 4 is 34.6 Å². The maximum absolute atomic E-state index is 13.3. The van der Waals surface area contributed by atoms with Gasteiger partial charge in [-0.2, -0.15) is 18.4 Å². The normalized spacial score (nSPS) is 14.8. The van der Waals surface area contributed by atoms with Crippen LogP contribution < -0.4 is 9.80 Å². The molecule has 9 heteroatoms. The Morgan fingerprint density at radius 1 is 1.06 bits per heavy atom. The Hall–Kier alpha value is -3.64. The molecule has 5 nitrogen and oxygen atoms in total. The van der Waals surface area contributed by atoms with Gasteiger partial charge in [0.1, 0.15) is 11.3 Å². The van der Waals surface area contributed by atoms with Gasteiger partial charge in [-0.05, 0) is 82.4 Å². The van der Waals surface area contributed by atoms with Crippen molar-refractivity contribution in [3.63, 3.8) is 0 Å². The van der Waals surface area contributed by atoms with E-state index in [1.54, 1.807) is 26.0 Å². The molecular formula is C25H26F3N3O2S. The second kappa shape index (κ2) is 11.5. The smallest absolute Gasteiger partial charge is 0.417 e. The summed E-state index contributed by atoms with van der Waals surface area (Å²) < 4.78 is 39.9. The maximum Gasteiger partial charge on any atom is 0.417 e. The largest absolute Gasteiger partial charge is 0.508 e.